The first kappa shape index (κ1) is 15.6. The number of hydrogen-bond donors (Lipinski definition) is 2. The maximum atomic E-state index is 6.17. The number of likely N-dealkylation sites (tertiary alicyclic amines) is 1. The molecule has 3 nitrogen and oxygen atoms in total. The second-order valence-electron chi connectivity index (χ2n) is 7.16. The molecular weight excluding hydrogens is 270 g/mol. The summed E-state index contributed by atoms with van der Waals surface area (Å²) in [5.41, 5.74) is 8.82. The molecule has 1 aliphatic rings. The molecule has 1 atom stereocenters. The summed E-state index contributed by atoms with van der Waals surface area (Å²) < 4.78 is 0. The number of H-pyrrole nitrogens is 1. The predicted molar refractivity (Wildman–Crippen MR) is 94.1 cm³/mol. The van der Waals surface area contributed by atoms with Crippen LogP contribution in [0.25, 0.3) is 10.9 Å². The minimum Gasteiger partial charge on any atom is -0.361 e. The summed E-state index contributed by atoms with van der Waals surface area (Å²) in [7, 11) is 0. The number of rotatable bonds is 5. The fourth-order valence-corrected chi connectivity index (χ4v) is 4.03. The van der Waals surface area contributed by atoms with E-state index in [9.17, 15) is 0 Å². The highest BCUT2D eigenvalue weighted by Gasteiger charge is 2.28. The zero-order chi connectivity index (χ0) is 15.5. The van der Waals surface area contributed by atoms with Crippen LogP contribution in [0.3, 0.4) is 0 Å². The predicted octanol–water partition coefficient (Wildman–Crippen LogP) is 3.58. The van der Waals surface area contributed by atoms with E-state index in [1.165, 1.54) is 48.9 Å². The van der Waals surface area contributed by atoms with Gasteiger partial charge in [0, 0.05) is 29.6 Å². The number of aromatic amines is 1. The fourth-order valence-electron chi connectivity index (χ4n) is 4.03. The van der Waals surface area contributed by atoms with Crippen LogP contribution >= 0.6 is 0 Å². The van der Waals surface area contributed by atoms with Crippen molar-refractivity contribution in [3.63, 3.8) is 0 Å². The number of benzene rings is 1. The normalized spacial score (nSPS) is 19.1. The lowest BCUT2D eigenvalue weighted by molar-refractivity contribution is 0.155. The van der Waals surface area contributed by atoms with E-state index >= 15 is 0 Å². The van der Waals surface area contributed by atoms with E-state index in [4.69, 9.17) is 5.73 Å². The molecule has 0 aliphatic carbocycles. The van der Waals surface area contributed by atoms with Gasteiger partial charge in [-0.15, -0.1) is 0 Å². The molecule has 1 aromatic carbocycles. The Morgan fingerprint density at radius 2 is 1.95 bits per heavy atom. The molecule has 1 unspecified atom stereocenters. The van der Waals surface area contributed by atoms with Crippen LogP contribution in [0.15, 0.2) is 30.5 Å². The average Bonchev–Trinajstić information content (AvgIpc) is 2.93. The van der Waals surface area contributed by atoms with Crippen molar-refractivity contribution in [2.24, 2.45) is 17.6 Å². The first-order valence-electron chi connectivity index (χ1n) is 8.67. The van der Waals surface area contributed by atoms with Gasteiger partial charge in [-0.1, -0.05) is 32.0 Å². The highest BCUT2D eigenvalue weighted by atomic mass is 15.1. The third kappa shape index (κ3) is 3.21. The van der Waals surface area contributed by atoms with Crippen molar-refractivity contribution in [2.75, 3.05) is 26.2 Å². The molecule has 0 radical (unpaired) electrons. The van der Waals surface area contributed by atoms with Gasteiger partial charge in [0.25, 0.3) is 0 Å². The molecular formula is C19H29N3. The Bertz CT molecular complexity index is 594. The molecule has 2 heterocycles. The van der Waals surface area contributed by atoms with Gasteiger partial charge in [0.1, 0.15) is 0 Å². The molecule has 120 valence electrons. The summed E-state index contributed by atoms with van der Waals surface area (Å²) in [6.07, 6.45) is 4.73. The lowest BCUT2D eigenvalue weighted by Gasteiger charge is -2.36. The largest absolute Gasteiger partial charge is 0.361 e. The minimum atomic E-state index is 0.484. The van der Waals surface area contributed by atoms with Gasteiger partial charge in [0.15, 0.2) is 0 Å². The lowest BCUT2D eigenvalue weighted by Crippen LogP contribution is -2.38. The Hall–Kier alpha value is -1.32. The van der Waals surface area contributed by atoms with Crippen LogP contribution in [-0.4, -0.2) is 36.1 Å². The number of piperidine rings is 1. The number of aromatic nitrogens is 1. The van der Waals surface area contributed by atoms with E-state index in [1.54, 1.807) is 0 Å². The Kier molecular flexibility index (Phi) is 4.84. The second kappa shape index (κ2) is 6.84. The zero-order valence-electron chi connectivity index (χ0n) is 13.9. The van der Waals surface area contributed by atoms with Gasteiger partial charge in [-0.3, -0.25) is 0 Å². The Labute approximate surface area is 133 Å². The van der Waals surface area contributed by atoms with Crippen LogP contribution in [0.4, 0.5) is 0 Å². The van der Waals surface area contributed by atoms with Crippen molar-refractivity contribution in [2.45, 2.75) is 32.6 Å². The first-order chi connectivity index (χ1) is 10.7. The SMILES string of the molecule is CC(C)CN1CCC(C(CN)c2c[nH]c3ccccc23)CC1. The van der Waals surface area contributed by atoms with Crippen molar-refractivity contribution < 1.29 is 0 Å². The smallest absolute Gasteiger partial charge is 0.0456 e. The molecule has 1 fully saturated rings. The van der Waals surface area contributed by atoms with Gasteiger partial charge >= 0.3 is 0 Å². The van der Waals surface area contributed by atoms with Crippen molar-refractivity contribution in [3.8, 4) is 0 Å². The molecule has 0 amide bonds. The van der Waals surface area contributed by atoms with E-state index < -0.39 is 0 Å². The average molecular weight is 299 g/mol. The van der Waals surface area contributed by atoms with Gasteiger partial charge in [0.2, 0.25) is 0 Å². The standard InChI is InChI=1S/C19H29N3/c1-14(2)13-22-9-7-15(8-10-22)17(11-20)18-12-21-19-6-4-3-5-16(18)19/h3-6,12,14-15,17,21H,7-11,13,20H2,1-2H3. The summed E-state index contributed by atoms with van der Waals surface area (Å²) in [5.74, 6) is 1.96. The van der Waals surface area contributed by atoms with Crippen LogP contribution < -0.4 is 5.73 Å². The summed E-state index contributed by atoms with van der Waals surface area (Å²) in [4.78, 5) is 6.03. The number of nitrogens with one attached hydrogen (secondary N) is 1. The summed E-state index contributed by atoms with van der Waals surface area (Å²) in [5, 5.41) is 1.35. The topological polar surface area (TPSA) is 45.0 Å². The quantitative estimate of drug-likeness (QED) is 0.886. The second-order valence-corrected chi connectivity index (χ2v) is 7.16. The van der Waals surface area contributed by atoms with E-state index in [-0.39, 0.29) is 0 Å². The molecule has 0 saturated carbocycles. The number of nitrogens with zero attached hydrogens (tertiary/aromatic N) is 1. The Balaban J connectivity index is 1.73. The molecule has 2 aromatic rings. The van der Waals surface area contributed by atoms with Crippen LogP contribution in [-0.2, 0) is 0 Å². The lowest BCUT2D eigenvalue weighted by atomic mass is 9.80. The first-order valence-corrected chi connectivity index (χ1v) is 8.67. The van der Waals surface area contributed by atoms with E-state index in [2.05, 4.69) is 54.2 Å². The Morgan fingerprint density at radius 1 is 1.23 bits per heavy atom. The van der Waals surface area contributed by atoms with Crippen molar-refractivity contribution in [1.29, 1.82) is 0 Å². The van der Waals surface area contributed by atoms with Crippen LogP contribution in [0, 0.1) is 11.8 Å². The monoisotopic (exact) mass is 299 g/mol. The van der Waals surface area contributed by atoms with Gasteiger partial charge in [-0.05, 0) is 55.9 Å². The minimum absolute atomic E-state index is 0.484. The number of fused-ring (bicyclic) bond motifs is 1. The van der Waals surface area contributed by atoms with Gasteiger partial charge in [-0.2, -0.15) is 0 Å². The van der Waals surface area contributed by atoms with Crippen molar-refractivity contribution >= 4 is 10.9 Å². The molecule has 3 N–H and O–H groups in total. The maximum Gasteiger partial charge on any atom is 0.0456 e. The number of nitrogens with two attached hydrogens (primary N) is 1. The molecule has 1 aliphatic heterocycles. The summed E-state index contributed by atoms with van der Waals surface area (Å²) in [6, 6.07) is 8.58. The van der Waals surface area contributed by atoms with Gasteiger partial charge < -0.3 is 15.6 Å². The number of hydrogen-bond acceptors (Lipinski definition) is 2. The van der Waals surface area contributed by atoms with Gasteiger partial charge in [-0.25, -0.2) is 0 Å². The molecule has 0 bridgehead atoms. The van der Waals surface area contributed by atoms with E-state index in [1.807, 2.05) is 0 Å². The van der Waals surface area contributed by atoms with Gasteiger partial charge in [0.05, 0.1) is 0 Å². The van der Waals surface area contributed by atoms with Crippen LogP contribution in [0.5, 0.6) is 0 Å². The van der Waals surface area contributed by atoms with E-state index in [0.29, 0.717) is 11.8 Å². The third-order valence-corrected chi connectivity index (χ3v) is 5.10. The zero-order valence-corrected chi connectivity index (χ0v) is 13.9. The third-order valence-electron chi connectivity index (χ3n) is 5.10. The summed E-state index contributed by atoms with van der Waals surface area (Å²) >= 11 is 0. The molecule has 3 heteroatoms. The highest BCUT2D eigenvalue weighted by Crippen LogP contribution is 2.35. The molecule has 0 spiro atoms. The highest BCUT2D eigenvalue weighted by molar-refractivity contribution is 5.83. The summed E-state index contributed by atoms with van der Waals surface area (Å²) in [6.45, 7) is 9.04. The number of para-hydroxylation sites is 1. The molecule has 22 heavy (non-hydrogen) atoms. The maximum absolute atomic E-state index is 6.17. The molecule has 1 aromatic heterocycles. The fraction of sp³-hybridized carbons (Fsp3) is 0.579. The van der Waals surface area contributed by atoms with Crippen molar-refractivity contribution in [3.05, 3.63) is 36.0 Å². The van der Waals surface area contributed by atoms with E-state index in [0.717, 1.165) is 12.5 Å². The van der Waals surface area contributed by atoms with Crippen LogP contribution in [0.1, 0.15) is 38.2 Å². The van der Waals surface area contributed by atoms with Crippen molar-refractivity contribution in [1.82, 2.24) is 9.88 Å². The molecule has 1 saturated heterocycles. The van der Waals surface area contributed by atoms with Crippen LogP contribution in [0.2, 0.25) is 0 Å². The molecule has 3 rings (SSSR count). The Morgan fingerprint density at radius 3 is 2.64 bits per heavy atom.